The summed E-state index contributed by atoms with van der Waals surface area (Å²) in [5, 5.41) is 13.1. The van der Waals surface area contributed by atoms with Gasteiger partial charge in [0.1, 0.15) is 17.7 Å². The number of phenols is 1. The normalized spacial score (nSPS) is 20.4. The summed E-state index contributed by atoms with van der Waals surface area (Å²) in [5.74, 6) is -0.860. The third-order valence-corrected chi connectivity index (χ3v) is 5.31. The molecule has 2 heterocycles. The van der Waals surface area contributed by atoms with Gasteiger partial charge in [-0.2, -0.15) is 0 Å². The summed E-state index contributed by atoms with van der Waals surface area (Å²) in [6, 6.07) is 7.06. The number of carbonyl (C=O) groups excluding carboxylic acids is 1. The Morgan fingerprint density at radius 2 is 1.97 bits per heavy atom. The predicted octanol–water partition coefficient (Wildman–Crippen LogP) is 2.96. The number of amides is 1. The van der Waals surface area contributed by atoms with Crippen molar-refractivity contribution in [1.29, 1.82) is 0 Å². The lowest BCUT2D eigenvalue weighted by Gasteiger charge is -2.43. The van der Waals surface area contributed by atoms with Crippen LogP contribution in [0.4, 0.5) is 14.7 Å². The maximum Gasteiger partial charge on any atom is 0.248 e. The molecule has 0 atom stereocenters. The van der Waals surface area contributed by atoms with Crippen molar-refractivity contribution in [1.82, 2.24) is 15.0 Å². The number of aromatic hydroxyl groups is 1. The number of hydrogen-bond donors (Lipinski definition) is 3. The number of benzene rings is 1. The maximum atomic E-state index is 14.2. The standard InChI is InChI=1S/C21H19F2N5O2/c22-14-7-21(8-14,18-16(23)2-1-5-25-18)11-28-20-26-9-13(10-27-20)15-6-12(19(24)30)3-4-17(15)29/h1-6,9-10,14,29H,7-8,11H2,(H2,24,30)(H,26,27,28). The maximum absolute atomic E-state index is 14.2. The molecule has 4 N–H and O–H groups in total. The number of rotatable bonds is 6. The van der Waals surface area contributed by atoms with Crippen LogP contribution in [0.15, 0.2) is 48.9 Å². The van der Waals surface area contributed by atoms with E-state index in [1.54, 1.807) is 0 Å². The van der Waals surface area contributed by atoms with Crippen LogP contribution in [0.1, 0.15) is 28.9 Å². The van der Waals surface area contributed by atoms with Gasteiger partial charge in [-0.1, -0.05) is 0 Å². The zero-order chi connectivity index (χ0) is 21.3. The number of alkyl halides is 1. The highest BCUT2D eigenvalue weighted by Crippen LogP contribution is 2.45. The van der Waals surface area contributed by atoms with E-state index >= 15 is 0 Å². The van der Waals surface area contributed by atoms with Crippen molar-refractivity contribution in [3.63, 3.8) is 0 Å². The molecular weight excluding hydrogens is 392 g/mol. The molecule has 0 radical (unpaired) electrons. The Kier molecular flexibility index (Phi) is 5.03. The van der Waals surface area contributed by atoms with Gasteiger partial charge in [0.05, 0.1) is 5.69 Å². The van der Waals surface area contributed by atoms with Crippen molar-refractivity contribution >= 4 is 11.9 Å². The molecule has 1 aliphatic carbocycles. The highest BCUT2D eigenvalue weighted by molar-refractivity contribution is 5.94. The molecule has 154 valence electrons. The molecule has 0 spiro atoms. The van der Waals surface area contributed by atoms with Crippen molar-refractivity contribution < 1.29 is 18.7 Å². The highest BCUT2D eigenvalue weighted by atomic mass is 19.1. The Labute approximate surface area is 171 Å². The first-order valence-corrected chi connectivity index (χ1v) is 9.32. The zero-order valence-corrected chi connectivity index (χ0v) is 15.8. The van der Waals surface area contributed by atoms with Crippen LogP contribution in [0.5, 0.6) is 5.75 Å². The van der Waals surface area contributed by atoms with Crippen molar-refractivity contribution in [3.8, 4) is 16.9 Å². The summed E-state index contributed by atoms with van der Waals surface area (Å²) < 4.78 is 27.9. The van der Waals surface area contributed by atoms with E-state index in [9.17, 15) is 18.7 Å². The molecule has 0 unspecified atom stereocenters. The molecule has 3 aromatic rings. The fourth-order valence-electron chi connectivity index (χ4n) is 3.71. The summed E-state index contributed by atoms with van der Waals surface area (Å²) in [6.45, 7) is 0.225. The zero-order valence-electron chi connectivity index (χ0n) is 15.8. The summed E-state index contributed by atoms with van der Waals surface area (Å²) in [4.78, 5) is 23.9. The van der Waals surface area contributed by atoms with Gasteiger partial charge in [0.15, 0.2) is 0 Å². The van der Waals surface area contributed by atoms with E-state index in [1.165, 1.54) is 48.9 Å². The largest absolute Gasteiger partial charge is 0.507 e. The molecule has 7 nitrogen and oxygen atoms in total. The smallest absolute Gasteiger partial charge is 0.248 e. The number of phenolic OH excluding ortho intramolecular Hbond substituents is 1. The quantitative estimate of drug-likeness (QED) is 0.575. The topological polar surface area (TPSA) is 114 Å². The molecule has 9 heteroatoms. The lowest BCUT2D eigenvalue weighted by atomic mass is 9.65. The van der Waals surface area contributed by atoms with Crippen LogP contribution in [0.25, 0.3) is 11.1 Å². The van der Waals surface area contributed by atoms with Gasteiger partial charge in [-0.15, -0.1) is 0 Å². The van der Waals surface area contributed by atoms with E-state index in [4.69, 9.17) is 5.73 Å². The lowest BCUT2D eigenvalue weighted by molar-refractivity contribution is 0.0963. The van der Waals surface area contributed by atoms with Gasteiger partial charge in [0, 0.05) is 47.2 Å². The SMILES string of the molecule is NC(=O)c1ccc(O)c(-c2cnc(NCC3(c4ncccc4F)CC(F)C3)nc2)c1. The summed E-state index contributed by atoms with van der Waals surface area (Å²) in [5.41, 5.74) is 5.85. The third-order valence-electron chi connectivity index (χ3n) is 5.31. The molecule has 0 aliphatic heterocycles. The van der Waals surface area contributed by atoms with Crippen LogP contribution in [0.2, 0.25) is 0 Å². The number of primary amides is 1. The van der Waals surface area contributed by atoms with Gasteiger partial charge in [0.2, 0.25) is 11.9 Å². The first-order valence-electron chi connectivity index (χ1n) is 9.32. The second-order valence-electron chi connectivity index (χ2n) is 7.36. The van der Waals surface area contributed by atoms with Gasteiger partial charge in [-0.05, 0) is 43.2 Å². The van der Waals surface area contributed by atoms with E-state index in [1.807, 2.05) is 0 Å². The fraction of sp³-hybridized carbons (Fsp3) is 0.238. The van der Waals surface area contributed by atoms with Crippen molar-refractivity contribution in [3.05, 3.63) is 66.0 Å². The van der Waals surface area contributed by atoms with E-state index in [0.717, 1.165) is 0 Å². The molecule has 1 fully saturated rings. The van der Waals surface area contributed by atoms with Crippen LogP contribution in [-0.2, 0) is 5.41 Å². The second kappa shape index (κ2) is 7.66. The fourth-order valence-corrected chi connectivity index (χ4v) is 3.71. The number of anilines is 1. The Balaban J connectivity index is 1.52. The number of carbonyl (C=O) groups is 1. The minimum Gasteiger partial charge on any atom is -0.507 e. The monoisotopic (exact) mass is 411 g/mol. The van der Waals surface area contributed by atoms with Gasteiger partial charge >= 0.3 is 0 Å². The average Bonchev–Trinajstić information content (AvgIpc) is 2.71. The van der Waals surface area contributed by atoms with E-state index in [0.29, 0.717) is 11.1 Å². The van der Waals surface area contributed by atoms with Gasteiger partial charge in [0.25, 0.3) is 0 Å². The van der Waals surface area contributed by atoms with Gasteiger partial charge in [-0.3, -0.25) is 9.78 Å². The molecule has 4 rings (SSSR count). The Morgan fingerprint density at radius 1 is 1.23 bits per heavy atom. The molecule has 0 bridgehead atoms. The van der Waals surface area contributed by atoms with Gasteiger partial charge < -0.3 is 16.2 Å². The Morgan fingerprint density at radius 3 is 2.60 bits per heavy atom. The number of nitrogens with zero attached hydrogens (tertiary/aromatic N) is 3. The van der Waals surface area contributed by atoms with Crippen LogP contribution >= 0.6 is 0 Å². The second-order valence-corrected chi connectivity index (χ2v) is 7.36. The molecule has 1 aromatic carbocycles. The first kappa shape index (κ1) is 19.7. The third kappa shape index (κ3) is 3.66. The summed E-state index contributed by atoms with van der Waals surface area (Å²) in [7, 11) is 0. The lowest BCUT2D eigenvalue weighted by Crippen LogP contribution is -2.49. The van der Waals surface area contributed by atoms with E-state index < -0.39 is 23.3 Å². The van der Waals surface area contributed by atoms with E-state index in [-0.39, 0.29) is 42.3 Å². The van der Waals surface area contributed by atoms with Gasteiger partial charge in [-0.25, -0.2) is 18.7 Å². The van der Waals surface area contributed by atoms with Crippen molar-refractivity contribution in [2.45, 2.75) is 24.4 Å². The number of aromatic nitrogens is 3. The van der Waals surface area contributed by atoms with Crippen LogP contribution in [0.3, 0.4) is 0 Å². The minimum atomic E-state index is -1.00. The number of halogens is 2. The highest BCUT2D eigenvalue weighted by Gasteiger charge is 2.48. The molecule has 0 saturated heterocycles. The summed E-state index contributed by atoms with van der Waals surface area (Å²) in [6.07, 6.45) is 3.77. The van der Waals surface area contributed by atoms with Crippen LogP contribution in [0, 0.1) is 5.82 Å². The molecule has 2 aromatic heterocycles. The van der Waals surface area contributed by atoms with Crippen LogP contribution < -0.4 is 11.1 Å². The summed E-state index contributed by atoms with van der Waals surface area (Å²) >= 11 is 0. The predicted molar refractivity (Wildman–Crippen MR) is 106 cm³/mol. The first-order chi connectivity index (χ1) is 14.4. The number of hydrogen-bond acceptors (Lipinski definition) is 6. The van der Waals surface area contributed by atoms with E-state index in [2.05, 4.69) is 20.3 Å². The minimum absolute atomic E-state index is 0.0441. The van der Waals surface area contributed by atoms with Crippen LogP contribution in [-0.4, -0.2) is 38.7 Å². The number of pyridine rings is 1. The van der Waals surface area contributed by atoms with Crippen molar-refractivity contribution in [2.24, 2.45) is 5.73 Å². The number of nitrogens with two attached hydrogens (primary N) is 1. The van der Waals surface area contributed by atoms with Crippen molar-refractivity contribution in [2.75, 3.05) is 11.9 Å². The Hall–Kier alpha value is -3.62. The molecule has 1 aliphatic rings. The molecule has 30 heavy (non-hydrogen) atoms. The number of nitrogens with one attached hydrogen (secondary N) is 1. The molecular formula is C21H19F2N5O2. The Bertz CT molecular complexity index is 1090. The molecule has 1 amide bonds. The molecule has 1 saturated carbocycles. The average molecular weight is 411 g/mol.